The van der Waals surface area contributed by atoms with E-state index in [0.717, 1.165) is 11.6 Å². The second-order valence-corrected chi connectivity index (χ2v) is 6.83. The first-order chi connectivity index (χ1) is 12.8. The normalized spacial score (nSPS) is 20.7. The monoisotopic (exact) mass is 378 g/mol. The van der Waals surface area contributed by atoms with Crippen molar-refractivity contribution in [3.05, 3.63) is 58.7 Å². The highest BCUT2D eigenvalue weighted by molar-refractivity contribution is 5.68. The molecule has 4 rings (SSSR count). The molecule has 0 radical (unpaired) electrons. The van der Waals surface area contributed by atoms with E-state index in [9.17, 15) is 18.0 Å². The third kappa shape index (κ3) is 3.34. The number of hydrogen-bond donors (Lipinski definition) is 1. The molecule has 0 saturated heterocycles. The van der Waals surface area contributed by atoms with Crippen LogP contribution in [0, 0.1) is 0 Å². The van der Waals surface area contributed by atoms with Gasteiger partial charge in [0.25, 0.3) is 0 Å². The summed E-state index contributed by atoms with van der Waals surface area (Å²) in [5.74, 6) is -0.185. The number of aryl methyl sites for hydroxylation is 1. The van der Waals surface area contributed by atoms with E-state index in [-0.39, 0.29) is 24.5 Å². The lowest BCUT2D eigenvalue weighted by Gasteiger charge is -2.20. The van der Waals surface area contributed by atoms with Crippen molar-refractivity contribution in [2.24, 2.45) is 0 Å². The van der Waals surface area contributed by atoms with Gasteiger partial charge in [-0.3, -0.25) is 4.79 Å². The molecule has 2 aromatic rings. The van der Waals surface area contributed by atoms with Crippen LogP contribution in [-0.2, 0) is 17.4 Å². The van der Waals surface area contributed by atoms with E-state index in [0.29, 0.717) is 29.9 Å². The summed E-state index contributed by atoms with van der Waals surface area (Å²) in [5.41, 5.74) is 0.998. The van der Waals surface area contributed by atoms with Crippen molar-refractivity contribution >= 4 is 5.97 Å². The number of carboxylic acid groups (broad SMARTS) is 1. The van der Waals surface area contributed by atoms with Gasteiger partial charge in [0.15, 0.2) is 0 Å². The molecule has 0 aromatic heterocycles. The third-order valence-corrected chi connectivity index (χ3v) is 5.06. The zero-order valence-corrected chi connectivity index (χ0v) is 14.3. The maximum absolute atomic E-state index is 13.4. The fourth-order valence-electron chi connectivity index (χ4n) is 3.88. The van der Waals surface area contributed by atoms with Crippen LogP contribution in [0.1, 0.15) is 47.1 Å². The van der Waals surface area contributed by atoms with Crippen molar-refractivity contribution in [2.45, 2.75) is 37.5 Å². The average Bonchev–Trinajstić information content (AvgIpc) is 3.18. The van der Waals surface area contributed by atoms with Crippen LogP contribution >= 0.6 is 0 Å². The van der Waals surface area contributed by atoms with E-state index < -0.39 is 23.8 Å². The first-order valence-electron chi connectivity index (χ1n) is 8.67. The minimum Gasteiger partial charge on any atom is -0.492 e. The molecule has 2 atom stereocenters. The van der Waals surface area contributed by atoms with Gasteiger partial charge in [0.05, 0.1) is 18.6 Å². The molecule has 4 nitrogen and oxygen atoms in total. The Hall–Kier alpha value is -2.70. The number of carboxylic acids is 1. The Morgan fingerprint density at radius 1 is 1.26 bits per heavy atom. The minimum atomic E-state index is -4.43. The Balaban J connectivity index is 1.59. The van der Waals surface area contributed by atoms with Gasteiger partial charge in [0, 0.05) is 23.1 Å². The van der Waals surface area contributed by atoms with Gasteiger partial charge in [-0.15, -0.1) is 0 Å². The first-order valence-corrected chi connectivity index (χ1v) is 8.67. The SMILES string of the molecule is O=C(O)CC1COc2cc(OC3CCc4cccc(C(F)(F)F)c43)ccc21. The smallest absolute Gasteiger partial charge is 0.416 e. The molecule has 1 aliphatic heterocycles. The summed E-state index contributed by atoms with van der Waals surface area (Å²) >= 11 is 0. The lowest BCUT2D eigenvalue weighted by molar-refractivity contribution is -0.139. The largest absolute Gasteiger partial charge is 0.492 e. The summed E-state index contributed by atoms with van der Waals surface area (Å²) < 4.78 is 51.5. The number of alkyl halides is 3. The number of fused-ring (bicyclic) bond motifs is 2. The van der Waals surface area contributed by atoms with Crippen molar-refractivity contribution in [3.63, 3.8) is 0 Å². The Morgan fingerprint density at radius 2 is 2.07 bits per heavy atom. The molecular weight excluding hydrogens is 361 g/mol. The van der Waals surface area contributed by atoms with E-state index in [1.807, 2.05) is 0 Å². The second kappa shape index (κ2) is 6.48. The molecule has 27 heavy (non-hydrogen) atoms. The van der Waals surface area contributed by atoms with Crippen molar-refractivity contribution in [3.8, 4) is 11.5 Å². The molecule has 2 aliphatic rings. The van der Waals surface area contributed by atoms with Gasteiger partial charge in [-0.1, -0.05) is 18.2 Å². The third-order valence-electron chi connectivity index (χ3n) is 5.06. The quantitative estimate of drug-likeness (QED) is 0.836. The van der Waals surface area contributed by atoms with Crippen molar-refractivity contribution in [2.75, 3.05) is 6.61 Å². The first kappa shape index (κ1) is 17.7. The Kier molecular flexibility index (Phi) is 4.25. The van der Waals surface area contributed by atoms with Crippen LogP contribution in [0.25, 0.3) is 0 Å². The molecular formula is C20H17F3O4. The zero-order valence-electron chi connectivity index (χ0n) is 14.3. The molecule has 7 heteroatoms. The maximum atomic E-state index is 13.4. The highest BCUT2D eigenvalue weighted by Gasteiger charge is 2.39. The second-order valence-electron chi connectivity index (χ2n) is 6.83. The summed E-state index contributed by atoms with van der Waals surface area (Å²) in [4.78, 5) is 10.9. The fourth-order valence-corrected chi connectivity index (χ4v) is 3.88. The van der Waals surface area contributed by atoms with E-state index in [4.69, 9.17) is 14.6 Å². The van der Waals surface area contributed by atoms with E-state index in [2.05, 4.69) is 0 Å². The molecule has 0 fully saturated rings. The standard InChI is InChI=1S/C20H17F3O4/c21-20(22,23)15-3-1-2-11-4-7-16(19(11)15)27-13-5-6-14-12(8-18(24)25)10-26-17(14)9-13/h1-3,5-6,9,12,16H,4,7-8,10H2,(H,24,25). The van der Waals surface area contributed by atoms with E-state index in [1.165, 1.54) is 6.07 Å². The summed E-state index contributed by atoms with van der Waals surface area (Å²) in [7, 11) is 0. The Morgan fingerprint density at radius 3 is 2.81 bits per heavy atom. The molecule has 142 valence electrons. The Labute approximate surface area is 153 Å². The van der Waals surface area contributed by atoms with Crippen LogP contribution in [0.15, 0.2) is 36.4 Å². The van der Waals surface area contributed by atoms with E-state index in [1.54, 1.807) is 24.3 Å². The number of aliphatic carboxylic acids is 1. The molecule has 2 aromatic carbocycles. The van der Waals surface area contributed by atoms with Crippen LogP contribution in [0.4, 0.5) is 13.2 Å². The highest BCUT2D eigenvalue weighted by Crippen LogP contribution is 2.44. The molecule has 1 aliphatic carbocycles. The number of hydrogen-bond acceptors (Lipinski definition) is 3. The minimum absolute atomic E-state index is 0.0296. The van der Waals surface area contributed by atoms with Crippen molar-refractivity contribution in [1.82, 2.24) is 0 Å². The predicted octanol–water partition coefficient (Wildman–Crippen LogP) is 4.72. The lowest BCUT2D eigenvalue weighted by atomic mass is 9.98. The number of rotatable bonds is 4. The van der Waals surface area contributed by atoms with Gasteiger partial charge in [-0.2, -0.15) is 13.2 Å². The molecule has 0 spiro atoms. The molecule has 0 saturated carbocycles. The predicted molar refractivity (Wildman–Crippen MR) is 90.1 cm³/mol. The van der Waals surface area contributed by atoms with Crippen LogP contribution in [0.3, 0.4) is 0 Å². The van der Waals surface area contributed by atoms with Crippen molar-refractivity contribution in [1.29, 1.82) is 0 Å². The summed E-state index contributed by atoms with van der Waals surface area (Å²) in [6.45, 7) is 0.273. The van der Waals surface area contributed by atoms with Gasteiger partial charge < -0.3 is 14.6 Å². The van der Waals surface area contributed by atoms with Crippen LogP contribution in [0.5, 0.6) is 11.5 Å². The molecule has 1 N–H and O–H groups in total. The summed E-state index contributed by atoms with van der Waals surface area (Å²) in [6, 6.07) is 9.24. The van der Waals surface area contributed by atoms with E-state index >= 15 is 0 Å². The average molecular weight is 378 g/mol. The Bertz CT molecular complexity index is 891. The number of carbonyl (C=O) groups is 1. The number of halogens is 3. The zero-order chi connectivity index (χ0) is 19.2. The fraction of sp³-hybridized carbons (Fsp3) is 0.350. The van der Waals surface area contributed by atoms with Crippen LogP contribution in [-0.4, -0.2) is 17.7 Å². The van der Waals surface area contributed by atoms with Gasteiger partial charge in [-0.25, -0.2) is 0 Å². The van der Waals surface area contributed by atoms with Gasteiger partial charge in [0.2, 0.25) is 0 Å². The molecule has 2 unspecified atom stereocenters. The van der Waals surface area contributed by atoms with Crippen molar-refractivity contribution < 1.29 is 32.5 Å². The lowest BCUT2D eigenvalue weighted by Crippen LogP contribution is -2.13. The maximum Gasteiger partial charge on any atom is 0.416 e. The topological polar surface area (TPSA) is 55.8 Å². The molecule has 1 heterocycles. The number of ether oxygens (including phenoxy) is 2. The highest BCUT2D eigenvalue weighted by atomic mass is 19.4. The number of benzene rings is 2. The van der Waals surface area contributed by atoms with Crippen LogP contribution in [0.2, 0.25) is 0 Å². The molecule has 0 bridgehead atoms. The molecule has 0 amide bonds. The van der Waals surface area contributed by atoms with Crippen LogP contribution < -0.4 is 9.47 Å². The summed E-state index contributed by atoms with van der Waals surface area (Å²) in [5, 5.41) is 8.96. The van der Waals surface area contributed by atoms with Gasteiger partial charge in [0.1, 0.15) is 17.6 Å². The van der Waals surface area contributed by atoms with Gasteiger partial charge in [-0.05, 0) is 30.5 Å². The summed E-state index contributed by atoms with van der Waals surface area (Å²) in [6.07, 6.45) is -4.12. The van der Waals surface area contributed by atoms with Gasteiger partial charge >= 0.3 is 12.1 Å².